The van der Waals surface area contributed by atoms with Crippen LogP contribution in [0.15, 0.2) is 27.4 Å². The van der Waals surface area contributed by atoms with E-state index in [1.807, 2.05) is 34.9 Å². The van der Waals surface area contributed by atoms with Gasteiger partial charge in [0.25, 0.3) is 0 Å². The van der Waals surface area contributed by atoms with E-state index in [-0.39, 0.29) is 0 Å². The Morgan fingerprint density at radius 3 is 2.47 bits per heavy atom. The first-order valence-electron chi connectivity index (χ1n) is 4.82. The normalized spacial score (nSPS) is 11.1. The third-order valence-corrected chi connectivity index (χ3v) is 5.05. The second kappa shape index (κ2) is 4.76. The lowest BCUT2D eigenvalue weighted by Crippen LogP contribution is -2.29. The maximum atomic E-state index is 2.31. The Balaban J connectivity index is 2.66. The molecule has 0 saturated carbocycles. The van der Waals surface area contributed by atoms with Crippen molar-refractivity contribution in [3.05, 3.63) is 17.6 Å². The summed E-state index contributed by atoms with van der Waals surface area (Å²) < 4.78 is 3.70. The SMILES string of the molecule is CC[n+]1csc2cc(SC)c(SC)cc21. The molecular weight excluding hydrogens is 242 g/mol. The van der Waals surface area contributed by atoms with Gasteiger partial charge >= 0.3 is 0 Å². The number of rotatable bonds is 3. The predicted octanol–water partition coefficient (Wildman–Crippen LogP) is 3.65. The number of hydrogen-bond donors (Lipinski definition) is 0. The van der Waals surface area contributed by atoms with E-state index >= 15 is 0 Å². The van der Waals surface area contributed by atoms with Crippen molar-refractivity contribution in [2.24, 2.45) is 0 Å². The van der Waals surface area contributed by atoms with Crippen LogP contribution in [-0.2, 0) is 6.54 Å². The lowest BCUT2D eigenvalue weighted by molar-refractivity contribution is -0.663. The zero-order valence-electron chi connectivity index (χ0n) is 9.11. The van der Waals surface area contributed by atoms with Gasteiger partial charge in [-0.3, -0.25) is 0 Å². The molecule has 0 bridgehead atoms. The molecule has 0 aliphatic rings. The van der Waals surface area contributed by atoms with E-state index in [1.54, 1.807) is 0 Å². The number of nitrogens with zero attached hydrogens (tertiary/aromatic N) is 1. The van der Waals surface area contributed by atoms with Crippen LogP contribution in [-0.4, -0.2) is 12.5 Å². The summed E-state index contributed by atoms with van der Waals surface area (Å²) in [6.07, 6.45) is 4.28. The van der Waals surface area contributed by atoms with E-state index in [0.717, 1.165) is 6.54 Å². The summed E-state index contributed by atoms with van der Waals surface area (Å²) in [7, 11) is 0. The van der Waals surface area contributed by atoms with Gasteiger partial charge < -0.3 is 0 Å². The van der Waals surface area contributed by atoms with E-state index in [1.165, 1.54) is 20.0 Å². The topological polar surface area (TPSA) is 3.88 Å². The molecule has 2 aromatic rings. The first-order valence-corrected chi connectivity index (χ1v) is 8.15. The number of benzene rings is 1. The fourth-order valence-electron chi connectivity index (χ4n) is 1.59. The lowest BCUT2D eigenvalue weighted by atomic mass is 10.3. The van der Waals surface area contributed by atoms with Gasteiger partial charge in [0.05, 0.1) is 0 Å². The van der Waals surface area contributed by atoms with Gasteiger partial charge in [-0.05, 0) is 25.5 Å². The zero-order valence-corrected chi connectivity index (χ0v) is 11.6. The van der Waals surface area contributed by atoms with Gasteiger partial charge in [-0.1, -0.05) is 11.3 Å². The Morgan fingerprint density at radius 2 is 1.87 bits per heavy atom. The second-order valence-corrected chi connectivity index (χ2v) is 5.77. The third-order valence-electron chi connectivity index (χ3n) is 2.42. The number of thioether (sulfide) groups is 2. The standard InChI is InChI=1S/C11H14NS3/c1-4-12-7-15-9-6-11(14-3)10(13-2)5-8(9)12/h5-7H,4H2,1-3H3/q+1. The van der Waals surface area contributed by atoms with Crippen molar-refractivity contribution in [2.75, 3.05) is 12.5 Å². The van der Waals surface area contributed by atoms with E-state index in [2.05, 4.69) is 41.6 Å². The maximum Gasteiger partial charge on any atom is 0.225 e. The van der Waals surface area contributed by atoms with Gasteiger partial charge in [0.15, 0.2) is 0 Å². The van der Waals surface area contributed by atoms with Crippen molar-refractivity contribution in [1.29, 1.82) is 0 Å². The predicted molar refractivity (Wildman–Crippen MR) is 71.3 cm³/mol. The van der Waals surface area contributed by atoms with Gasteiger partial charge in [0, 0.05) is 15.9 Å². The Hall–Kier alpha value is -0.190. The molecule has 0 atom stereocenters. The molecule has 0 unspecified atom stereocenters. The van der Waals surface area contributed by atoms with Crippen LogP contribution < -0.4 is 4.57 Å². The molecule has 0 aliphatic heterocycles. The van der Waals surface area contributed by atoms with Crippen LogP contribution in [0.25, 0.3) is 10.2 Å². The number of hydrogen-bond acceptors (Lipinski definition) is 3. The monoisotopic (exact) mass is 256 g/mol. The smallest absolute Gasteiger partial charge is 0.189 e. The first-order chi connectivity index (χ1) is 7.30. The molecule has 80 valence electrons. The minimum atomic E-state index is 1.05. The summed E-state index contributed by atoms with van der Waals surface area (Å²) in [6, 6.07) is 4.62. The summed E-state index contributed by atoms with van der Waals surface area (Å²) in [5.74, 6) is 0. The molecule has 15 heavy (non-hydrogen) atoms. The van der Waals surface area contributed by atoms with E-state index < -0.39 is 0 Å². The maximum absolute atomic E-state index is 2.31. The molecule has 0 N–H and O–H groups in total. The minimum absolute atomic E-state index is 1.05. The molecule has 0 spiro atoms. The van der Waals surface area contributed by atoms with Crippen LogP contribution in [0.5, 0.6) is 0 Å². The Bertz CT molecular complexity index is 476. The van der Waals surface area contributed by atoms with Crippen LogP contribution in [0.3, 0.4) is 0 Å². The van der Waals surface area contributed by atoms with Crippen molar-refractivity contribution in [3.63, 3.8) is 0 Å². The third kappa shape index (κ3) is 2.03. The minimum Gasteiger partial charge on any atom is -0.189 e. The molecule has 1 aromatic carbocycles. The molecule has 0 aliphatic carbocycles. The number of thiazole rings is 1. The van der Waals surface area contributed by atoms with Gasteiger partial charge in [0.1, 0.15) is 11.2 Å². The molecule has 0 amide bonds. The van der Waals surface area contributed by atoms with Gasteiger partial charge in [-0.15, -0.1) is 23.5 Å². The molecule has 0 fully saturated rings. The molecule has 1 aromatic heterocycles. The molecular formula is C11H14NS3+. The van der Waals surface area contributed by atoms with Crippen molar-refractivity contribution in [2.45, 2.75) is 23.3 Å². The quantitative estimate of drug-likeness (QED) is 0.609. The number of aromatic nitrogens is 1. The molecule has 1 heterocycles. The van der Waals surface area contributed by atoms with Crippen LogP contribution >= 0.6 is 34.9 Å². The molecule has 0 saturated heterocycles. The zero-order chi connectivity index (χ0) is 10.8. The fourth-order valence-corrected chi connectivity index (χ4v) is 4.14. The van der Waals surface area contributed by atoms with Crippen molar-refractivity contribution >= 4 is 45.1 Å². The van der Waals surface area contributed by atoms with E-state index in [4.69, 9.17) is 0 Å². The Kier molecular flexibility index (Phi) is 3.59. The summed E-state index contributed by atoms with van der Waals surface area (Å²) in [4.78, 5) is 2.77. The molecule has 1 nitrogen and oxygen atoms in total. The fraction of sp³-hybridized carbons (Fsp3) is 0.364. The average molecular weight is 256 g/mol. The highest BCUT2D eigenvalue weighted by Crippen LogP contribution is 2.32. The van der Waals surface area contributed by atoms with E-state index in [9.17, 15) is 0 Å². The molecule has 2 rings (SSSR count). The summed E-state index contributed by atoms with van der Waals surface area (Å²) in [5.41, 5.74) is 3.57. The average Bonchev–Trinajstić information content (AvgIpc) is 2.68. The summed E-state index contributed by atoms with van der Waals surface area (Å²) >= 11 is 5.48. The summed E-state index contributed by atoms with van der Waals surface area (Å²) in [5, 5.41) is 0. The highest BCUT2D eigenvalue weighted by Gasteiger charge is 2.13. The van der Waals surface area contributed by atoms with Gasteiger partial charge in [-0.25, -0.2) is 0 Å². The molecule has 4 heteroatoms. The van der Waals surface area contributed by atoms with E-state index in [0.29, 0.717) is 0 Å². The van der Waals surface area contributed by atoms with Crippen LogP contribution in [0.1, 0.15) is 6.92 Å². The number of fused-ring (bicyclic) bond motifs is 1. The Morgan fingerprint density at radius 1 is 1.20 bits per heavy atom. The van der Waals surface area contributed by atoms with Crippen LogP contribution in [0.4, 0.5) is 0 Å². The van der Waals surface area contributed by atoms with Gasteiger partial charge in [-0.2, -0.15) is 4.57 Å². The Labute approximate surface area is 103 Å². The first kappa shape index (κ1) is 11.3. The number of aryl methyl sites for hydroxylation is 1. The second-order valence-electron chi connectivity index (χ2n) is 3.18. The largest absolute Gasteiger partial charge is 0.225 e. The summed E-state index contributed by atoms with van der Waals surface area (Å²) in [6.45, 7) is 3.24. The van der Waals surface area contributed by atoms with Crippen LogP contribution in [0, 0.1) is 0 Å². The highest BCUT2D eigenvalue weighted by molar-refractivity contribution is 8.01. The molecule has 0 radical (unpaired) electrons. The van der Waals surface area contributed by atoms with Crippen molar-refractivity contribution in [1.82, 2.24) is 0 Å². The van der Waals surface area contributed by atoms with Crippen molar-refractivity contribution < 1.29 is 4.57 Å². The van der Waals surface area contributed by atoms with Gasteiger partial charge in [0.2, 0.25) is 11.0 Å². The highest BCUT2D eigenvalue weighted by atomic mass is 32.2. The van der Waals surface area contributed by atoms with Crippen molar-refractivity contribution in [3.8, 4) is 0 Å². The van der Waals surface area contributed by atoms with Crippen LogP contribution in [0.2, 0.25) is 0 Å². The lowest BCUT2D eigenvalue weighted by Gasteiger charge is -2.02.